The van der Waals surface area contributed by atoms with E-state index in [4.69, 9.17) is 18.6 Å². The van der Waals surface area contributed by atoms with Gasteiger partial charge in [-0.2, -0.15) is 0 Å². The van der Waals surface area contributed by atoms with Gasteiger partial charge >= 0.3 is 12.1 Å². The number of ether oxygens (including phenoxy) is 3. The molecule has 3 aromatic rings. The first-order chi connectivity index (χ1) is 17.1. The Kier molecular flexibility index (Phi) is 7.84. The number of hydrogen-bond donors (Lipinski definition) is 3. The molecule has 0 saturated carbocycles. The van der Waals surface area contributed by atoms with Crippen molar-refractivity contribution in [3.8, 4) is 17.1 Å². The van der Waals surface area contributed by atoms with Crippen LogP contribution in [0.15, 0.2) is 53.4 Å². The number of aromatic nitrogens is 1. The number of alkyl carbamates (subject to hydrolysis) is 1. The van der Waals surface area contributed by atoms with E-state index in [0.717, 1.165) is 23.1 Å². The Morgan fingerprint density at radius 1 is 1.11 bits per heavy atom. The molecule has 0 spiro atoms. The minimum atomic E-state index is -0.485. The molecule has 1 fully saturated rings. The van der Waals surface area contributed by atoms with E-state index in [2.05, 4.69) is 20.9 Å². The number of urea groups is 1. The minimum absolute atomic E-state index is 0.208. The summed E-state index contributed by atoms with van der Waals surface area (Å²) in [5.74, 6) is 1.10. The van der Waals surface area contributed by atoms with Crippen LogP contribution in [0, 0.1) is 0 Å². The lowest BCUT2D eigenvalue weighted by Gasteiger charge is -2.15. The van der Waals surface area contributed by atoms with Gasteiger partial charge in [-0.15, -0.1) is 0 Å². The summed E-state index contributed by atoms with van der Waals surface area (Å²) >= 11 is 0. The standard InChI is InChI=1S/C25H28N4O6/c1-3-16-4-5-18(10-17(16)12-27-25(31)35-20-8-9-33-14-20)28-24(30)29-19-6-7-21(22(11-19)32-2)23-13-26-15-34-23/h4-7,10-11,13,15,20H,3,8-9,12,14H2,1-2H3,(H,27,31)(H2,28,29,30)/t20-/m0/s1. The molecule has 0 unspecified atom stereocenters. The van der Waals surface area contributed by atoms with Gasteiger partial charge in [0.15, 0.2) is 12.2 Å². The molecule has 0 aliphatic carbocycles. The Morgan fingerprint density at radius 3 is 2.60 bits per heavy atom. The number of nitrogens with one attached hydrogen (secondary N) is 3. The minimum Gasteiger partial charge on any atom is -0.496 e. The highest BCUT2D eigenvalue weighted by molar-refractivity contribution is 6.00. The number of benzene rings is 2. The second-order valence-corrected chi connectivity index (χ2v) is 7.94. The molecule has 10 heteroatoms. The number of rotatable bonds is 8. The zero-order chi connectivity index (χ0) is 24.6. The zero-order valence-corrected chi connectivity index (χ0v) is 19.6. The van der Waals surface area contributed by atoms with Crippen molar-refractivity contribution in [2.75, 3.05) is 31.0 Å². The summed E-state index contributed by atoms with van der Waals surface area (Å²) in [6, 6.07) is 10.4. The molecule has 1 aliphatic heterocycles. The van der Waals surface area contributed by atoms with Gasteiger partial charge in [0.1, 0.15) is 11.9 Å². The molecule has 4 rings (SSSR count). The second-order valence-electron chi connectivity index (χ2n) is 7.94. The summed E-state index contributed by atoms with van der Waals surface area (Å²) in [5.41, 5.74) is 3.83. The second kappa shape index (κ2) is 11.4. The molecule has 1 aliphatic rings. The van der Waals surface area contributed by atoms with E-state index in [1.165, 1.54) is 6.39 Å². The highest BCUT2D eigenvalue weighted by Gasteiger charge is 2.20. The predicted octanol–water partition coefficient (Wildman–Crippen LogP) is 4.57. The number of aryl methyl sites for hydroxylation is 1. The van der Waals surface area contributed by atoms with Crippen molar-refractivity contribution in [3.05, 3.63) is 60.1 Å². The van der Waals surface area contributed by atoms with Crippen molar-refractivity contribution in [1.82, 2.24) is 10.3 Å². The zero-order valence-electron chi connectivity index (χ0n) is 19.6. The van der Waals surface area contributed by atoms with E-state index in [-0.39, 0.29) is 12.6 Å². The summed E-state index contributed by atoms with van der Waals surface area (Å²) in [6.07, 6.45) is 3.73. The Hall–Kier alpha value is -4.05. The molecule has 3 N–H and O–H groups in total. The molecule has 35 heavy (non-hydrogen) atoms. The van der Waals surface area contributed by atoms with Crippen LogP contribution >= 0.6 is 0 Å². The Labute approximate surface area is 203 Å². The molecule has 1 aromatic heterocycles. The molecule has 1 atom stereocenters. The third-order valence-corrected chi connectivity index (χ3v) is 5.59. The van der Waals surface area contributed by atoms with Crippen molar-refractivity contribution >= 4 is 23.5 Å². The van der Waals surface area contributed by atoms with Crippen LogP contribution in [-0.4, -0.2) is 43.5 Å². The quantitative estimate of drug-likeness (QED) is 0.431. The van der Waals surface area contributed by atoms with Crippen LogP contribution in [0.3, 0.4) is 0 Å². The number of amides is 3. The smallest absolute Gasteiger partial charge is 0.407 e. The Morgan fingerprint density at radius 2 is 1.91 bits per heavy atom. The van der Waals surface area contributed by atoms with Crippen LogP contribution in [0.2, 0.25) is 0 Å². The fourth-order valence-electron chi connectivity index (χ4n) is 3.79. The molecular formula is C25H28N4O6. The Balaban J connectivity index is 1.37. The van der Waals surface area contributed by atoms with Crippen LogP contribution in [-0.2, 0) is 22.4 Å². The molecule has 1 saturated heterocycles. The van der Waals surface area contributed by atoms with E-state index in [1.54, 1.807) is 31.5 Å². The Bertz CT molecular complexity index is 1160. The summed E-state index contributed by atoms with van der Waals surface area (Å²) in [6.45, 7) is 3.35. The SMILES string of the molecule is CCc1ccc(NC(=O)Nc2ccc(-c3cnco3)c(OC)c2)cc1CNC(=O)O[C@H]1CCOC1. The molecule has 3 amide bonds. The van der Waals surface area contributed by atoms with Gasteiger partial charge in [0.05, 0.1) is 32.1 Å². The maximum Gasteiger partial charge on any atom is 0.407 e. The number of oxazole rings is 1. The fraction of sp³-hybridized carbons (Fsp3) is 0.320. The van der Waals surface area contributed by atoms with Gasteiger partial charge in [0.2, 0.25) is 0 Å². The lowest BCUT2D eigenvalue weighted by atomic mass is 10.0. The largest absolute Gasteiger partial charge is 0.496 e. The average Bonchev–Trinajstić information content (AvgIpc) is 3.57. The van der Waals surface area contributed by atoms with Crippen molar-refractivity contribution in [3.63, 3.8) is 0 Å². The number of nitrogens with zero attached hydrogens (tertiary/aromatic N) is 1. The highest BCUT2D eigenvalue weighted by atomic mass is 16.6. The molecule has 184 valence electrons. The number of carbonyl (C=O) groups excluding carboxylic acids is 2. The first kappa shape index (κ1) is 24.1. The van der Waals surface area contributed by atoms with Gasteiger partial charge in [-0.25, -0.2) is 14.6 Å². The number of carbonyl (C=O) groups is 2. The number of methoxy groups -OCH3 is 1. The maximum absolute atomic E-state index is 12.6. The van der Waals surface area contributed by atoms with E-state index < -0.39 is 12.1 Å². The average molecular weight is 481 g/mol. The summed E-state index contributed by atoms with van der Waals surface area (Å²) in [4.78, 5) is 28.6. The van der Waals surface area contributed by atoms with Crippen LogP contribution in [0.1, 0.15) is 24.5 Å². The van der Waals surface area contributed by atoms with Gasteiger partial charge in [0, 0.05) is 30.4 Å². The summed E-state index contributed by atoms with van der Waals surface area (Å²) < 4.78 is 21.3. The van der Waals surface area contributed by atoms with Crippen molar-refractivity contribution in [2.24, 2.45) is 0 Å². The normalized spacial score (nSPS) is 14.9. The molecule has 0 radical (unpaired) electrons. The molecule has 2 aromatic carbocycles. The summed E-state index contributed by atoms with van der Waals surface area (Å²) in [5, 5.41) is 8.41. The van der Waals surface area contributed by atoms with Gasteiger partial charge in [-0.1, -0.05) is 13.0 Å². The van der Waals surface area contributed by atoms with E-state index in [9.17, 15) is 9.59 Å². The van der Waals surface area contributed by atoms with Crippen LogP contribution in [0.4, 0.5) is 21.0 Å². The van der Waals surface area contributed by atoms with Gasteiger partial charge in [0.25, 0.3) is 0 Å². The van der Waals surface area contributed by atoms with E-state index >= 15 is 0 Å². The molecular weight excluding hydrogens is 452 g/mol. The van der Waals surface area contributed by atoms with Crippen LogP contribution in [0.5, 0.6) is 5.75 Å². The number of anilines is 2. The van der Waals surface area contributed by atoms with Gasteiger partial charge < -0.3 is 34.6 Å². The van der Waals surface area contributed by atoms with E-state index in [0.29, 0.717) is 42.5 Å². The summed E-state index contributed by atoms with van der Waals surface area (Å²) in [7, 11) is 1.54. The van der Waals surface area contributed by atoms with Crippen molar-refractivity contribution in [1.29, 1.82) is 0 Å². The lowest BCUT2D eigenvalue weighted by molar-refractivity contribution is 0.0828. The first-order valence-electron chi connectivity index (χ1n) is 11.3. The fourth-order valence-corrected chi connectivity index (χ4v) is 3.79. The third-order valence-electron chi connectivity index (χ3n) is 5.59. The monoisotopic (exact) mass is 480 g/mol. The van der Waals surface area contributed by atoms with Gasteiger partial charge in [-0.05, 0) is 41.8 Å². The highest BCUT2D eigenvalue weighted by Crippen LogP contribution is 2.32. The topological polar surface area (TPSA) is 124 Å². The molecule has 2 heterocycles. The van der Waals surface area contributed by atoms with Gasteiger partial charge in [-0.3, -0.25) is 0 Å². The third kappa shape index (κ3) is 6.30. The number of hydrogen-bond acceptors (Lipinski definition) is 7. The van der Waals surface area contributed by atoms with Crippen LogP contribution < -0.4 is 20.7 Å². The van der Waals surface area contributed by atoms with Crippen molar-refractivity contribution < 1.29 is 28.2 Å². The molecule has 10 nitrogen and oxygen atoms in total. The predicted molar refractivity (Wildman–Crippen MR) is 129 cm³/mol. The molecule has 0 bridgehead atoms. The first-order valence-corrected chi connectivity index (χ1v) is 11.3. The van der Waals surface area contributed by atoms with Crippen LogP contribution in [0.25, 0.3) is 11.3 Å². The van der Waals surface area contributed by atoms with Crippen molar-refractivity contribution in [2.45, 2.75) is 32.4 Å². The lowest BCUT2D eigenvalue weighted by Crippen LogP contribution is -2.29. The van der Waals surface area contributed by atoms with E-state index in [1.807, 2.05) is 25.1 Å². The maximum atomic E-state index is 12.6.